The van der Waals surface area contributed by atoms with Gasteiger partial charge in [0.05, 0.1) is 6.26 Å². The molecule has 0 unspecified atom stereocenters. The van der Waals surface area contributed by atoms with Crippen molar-refractivity contribution in [3.05, 3.63) is 12.3 Å². The Morgan fingerprint density at radius 2 is 1.14 bits per heavy atom. The van der Waals surface area contributed by atoms with E-state index in [-0.39, 0.29) is 6.29 Å². The largest absolute Gasteiger partial charge is 0.476 e. The lowest BCUT2D eigenvalue weighted by Gasteiger charge is -2.18. The Kier molecular flexibility index (Phi) is 24.9. The van der Waals surface area contributed by atoms with Gasteiger partial charge in [-0.1, -0.05) is 90.9 Å². The fraction of sp³-hybridized carbons (Fsp3) is 0.920. The van der Waals surface area contributed by atoms with Gasteiger partial charge in [0.2, 0.25) is 0 Å². The summed E-state index contributed by atoms with van der Waals surface area (Å²) < 4.78 is 22.1. The fourth-order valence-electron chi connectivity index (χ4n) is 3.24. The van der Waals surface area contributed by atoms with Gasteiger partial charge in [0, 0.05) is 26.7 Å². The summed E-state index contributed by atoms with van der Waals surface area (Å²) in [7, 11) is 1.62. The molecule has 0 heterocycles. The number of ether oxygens (including phenoxy) is 4. The van der Waals surface area contributed by atoms with E-state index in [9.17, 15) is 0 Å². The highest BCUT2D eigenvalue weighted by atomic mass is 16.7. The van der Waals surface area contributed by atoms with Crippen molar-refractivity contribution in [3.63, 3.8) is 0 Å². The zero-order valence-corrected chi connectivity index (χ0v) is 19.8. The third kappa shape index (κ3) is 23.6. The Labute approximate surface area is 181 Å². The van der Waals surface area contributed by atoms with Gasteiger partial charge in [-0.05, 0) is 25.3 Å². The molecule has 0 saturated carbocycles. The first-order chi connectivity index (χ1) is 14.3. The maximum atomic E-state index is 6.04. The van der Waals surface area contributed by atoms with Crippen LogP contribution in [0.15, 0.2) is 12.3 Å². The van der Waals surface area contributed by atoms with Crippen molar-refractivity contribution >= 4 is 0 Å². The molecule has 0 amide bonds. The molecule has 4 nitrogen and oxygen atoms in total. The quantitative estimate of drug-likeness (QED) is 0.0918. The van der Waals surface area contributed by atoms with Crippen molar-refractivity contribution in [2.24, 2.45) is 0 Å². The number of rotatable bonds is 24. The highest BCUT2D eigenvalue weighted by Gasteiger charge is 2.08. The first kappa shape index (κ1) is 28.4. The molecule has 0 fully saturated rings. The molecule has 174 valence electrons. The van der Waals surface area contributed by atoms with Gasteiger partial charge in [0.1, 0.15) is 0 Å². The van der Waals surface area contributed by atoms with Crippen LogP contribution in [0.2, 0.25) is 0 Å². The van der Waals surface area contributed by atoms with Crippen LogP contribution in [0.4, 0.5) is 0 Å². The standard InChI is InChI=1S/C25H50O4/c1-4-6-8-10-12-14-17-22-28-25(20-16-19-21-27-24-26-3)29-23-18-15-13-11-9-7-5-2/h19,21,25H,4-18,20,22-24H2,1-3H3. The van der Waals surface area contributed by atoms with E-state index in [4.69, 9.17) is 18.9 Å². The van der Waals surface area contributed by atoms with Crippen molar-refractivity contribution in [1.29, 1.82) is 0 Å². The summed E-state index contributed by atoms with van der Waals surface area (Å²) in [4.78, 5) is 0. The Balaban J connectivity index is 3.86. The second-order valence-electron chi connectivity index (χ2n) is 7.94. The highest BCUT2D eigenvalue weighted by Crippen LogP contribution is 2.12. The number of hydrogen-bond acceptors (Lipinski definition) is 4. The van der Waals surface area contributed by atoms with Gasteiger partial charge in [-0.15, -0.1) is 0 Å². The smallest absolute Gasteiger partial charge is 0.187 e. The van der Waals surface area contributed by atoms with Gasteiger partial charge < -0.3 is 18.9 Å². The van der Waals surface area contributed by atoms with Gasteiger partial charge in [-0.25, -0.2) is 0 Å². The van der Waals surface area contributed by atoms with Crippen LogP contribution in [0.3, 0.4) is 0 Å². The fourth-order valence-corrected chi connectivity index (χ4v) is 3.24. The van der Waals surface area contributed by atoms with E-state index in [2.05, 4.69) is 13.8 Å². The molecule has 0 spiro atoms. The molecular weight excluding hydrogens is 364 g/mol. The average molecular weight is 415 g/mol. The zero-order valence-electron chi connectivity index (χ0n) is 19.8. The molecule has 0 bridgehead atoms. The molecule has 0 aromatic heterocycles. The van der Waals surface area contributed by atoms with Gasteiger partial charge in [-0.3, -0.25) is 0 Å². The van der Waals surface area contributed by atoms with E-state index in [0.717, 1.165) is 38.9 Å². The Hall–Kier alpha value is -0.580. The molecule has 0 aliphatic heterocycles. The molecule has 4 heteroatoms. The van der Waals surface area contributed by atoms with Gasteiger partial charge in [0.15, 0.2) is 13.1 Å². The molecule has 0 aromatic rings. The predicted molar refractivity (Wildman–Crippen MR) is 123 cm³/mol. The summed E-state index contributed by atoms with van der Waals surface area (Å²) >= 11 is 0. The summed E-state index contributed by atoms with van der Waals surface area (Å²) in [6, 6.07) is 0. The second-order valence-corrected chi connectivity index (χ2v) is 7.94. The second kappa shape index (κ2) is 25.5. The molecule has 0 aromatic carbocycles. The molecule has 0 aliphatic carbocycles. The van der Waals surface area contributed by atoms with Crippen LogP contribution in [0.5, 0.6) is 0 Å². The molecule has 0 N–H and O–H groups in total. The Bertz CT molecular complexity index is 300. The maximum absolute atomic E-state index is 6.04. The highest BCUT2D eigenvalue weighted by molar-refractivity contribution is 4.73. The minimum atomic E-state index is -0.0951. The zero-order chi connectivity index (χ0) is 21.3. The third-order valence-electron chi connectivity index (χ3n) is 5.05. The van der Waals surface area contributed by atoms with Gasteiger partial charge in [-0.2, -0.15) is 0 Å². The monoisotopic (exact) mass is 414 g/mol. The van der Waals surface area contributed by atoms with Crippen LogP contribution in [0.25, 0.3) is 0 Å². The van der Waals surface area contributed by atoms with Gasteiger partial charge in [0.25, 0.3) is 0 Å². The normalized spacial score (nSPS) is 11.7. The molecule has 29 heavy (non-hydrogen) atoms. The van der Waals surface area contributed by atoms with Crippen LogP contribution in [0, 0.1) is 0 Å². The molecule has 0 atom stereocenters. The minimum absolute atomic E-state index is 0.0951. The summed E-state index contributed by atoms with van der Waals surface area (Å²) in [6.07, 6.45) is 23.7. The van der Waals surface area contributed by atoms with E-state index < -0.39 is 0 Å². The molecule has 0 rings (SSSR count). The number of unbranched alkanes of at least 4 members (excludes halogenated alkanes) is 12. The van der Waals surface area contributed by atoms with Crippen molar-refractivity contribution in [2.45, 2.75) is 123 Å². The van der Waals surface area contributed by atoms with Crippen LogP contribution >= 0.6 is 0 Å². The summed E-state index contributed by atoms with van der Waals surface area (Å²) in [5.74, 6) is 0. The molecular formula is C25H50O4. The summed E-state index contributed by atoms with van der Waals surface area (Å²) in [5, 5.41) is 0. The Morgan fingerprint density at radius 3 is 1.62 bits per heavy atom. The van der Waals surface area contributed by atoms with Crippen molar-refractivity contribution in [3.8, 4) is 0 Å². The van der Waals surface area contributed by atoms with Crippen molar-refractivity contribution in [2.75, 3.05) is 27.1 Å². The Morgan fingerprint density at radius 1 is 0.655 bits per heavy atom. The lowest BCUT2D eigenvalue weighted by atomic mass is 10.1. The first-order valence-corrected chi connectivity index (χ1v) is 12.3. The third-order valence-corrected chi connectivity index (χ3v) is 5.05. The number of hydrogen-bond donors (Lipinski definition) is 0. The van der Waals surface area contributed by atoms with E-state index in [1.165, 1.54) is 77.0 Å². The maximum Gasteiger partial charge on any atom is 0.187 e. The predicted octanol–water partition coefficient (Wildman–Crippen LogP) is 7.76. The van der Waals surface area contributed by atoms with Crippen molar-refractivity contribution in [1.82, 2.24) is 0 Å². The average Bonchev–Trinajstić information content (AvgIpc) is 2.73. The first-order valence-electron chi connectivity index (χ1n) is 12.3. The van der Waals surface area contributed by atoms with Crippen molar-refractivity contribution < 1.29 is 18.9 Å². The van der Waals surface area contributed by atoms with E-state index in [1.807, 2.05) is 6.08 Å². The lowest BCUT2D eigenvalue weighted by Crippen LogP contribution is -2.18. The van der Waals surface area contributed by atoms with Crippen LogP contribution in [-0.2, 0) is 18.9 Å². The van der Waals surface area contributed by atoms with E-state index in [0.29, 0.717) is 6.79 Å². The molecule has 0 saturated heterocycles. The number of methoxy groups -OCH3 is 1. The van der Waals surface area contributed by atoms with E-state index >= 15 is 0 Å². The topological polar surface area (TPSA) is 36.9 Å². The molecule has 0 radical (unpaired) electrons. The minimum Gasteiger partial charge on any atom is -0.476 e. The number of allylic oxidation sites excluding steroid dienone is 1. The van der Waals surface area contributed by atoms with E-state index in [1.54, 1.807) is 13.4 Å². The summed E-state index contributed by atoms with van der Waals surface area (Å²) in [5.41, 5.74) is 0. The van der Waals surface area contributed by atoms with Crippen LogP contribution < -0.4 is 0 Å². The SMILES string of the molecule is CCCCCCCCCOC(CCC=COCOC)OCCCCCCCCC. The van der Waals surface area contributed by atoms with Gasteiger partial charge >= 0.3 is 0 Å². The van der Waals surface area contributed by atoms with Crippen LogP contribution in [-0.4, -0.2) is 33.4 Å². The lowest BCUT2D eigenvalue weighted by molar-refractivity contribution is -0.146. The summed E-state index contributed by atoms with van der Waals surface area (Å²) in [6.45, 7) is 6.43. The molecule has 0 aliphatic rings. The van der Waals surface area contributed by atoms with Crippen LogP contribution in [0.1, 0.15) is 117 Å².